The molecule has 1 aromatic heterocycles. The maximum Gasteiger partial charge on any atom is 0.200 e. The van der Waals surface area contributed by atoms with Crippen LogP contribution in [0.3, 0.4) is 0 Å². The van der Waals surface area contributed by atoms with E-state index in [0.29, 0.717) is 5.89 Å². The number of aryl methyl sites for hydroxylation is 1. The topological polar surface area (TPSA) is 74.8 Å². The Morgan fingerprint density at radius 3 is 2.71 bits per heavy atom. The number of oxazole rings is 1. The van der Waals surface area contributed by atoms with E-state index < -0.39 is 0 Å². The summed E-state index contributed by atoms with van der Waals surface area (Å²) in [5, 5.41) is 3.52. The minimum Gasteiger partial charge on any atom is -0.445 e. The number of nitrogens with zero attached hydrogens (tertiary/aromatic N) is 4. The summed E-state index contributed by atoms with van der Waals surface area (Å²) >= 11 is 0. The van der Waals surface area contributed by atoms with Crippen LogP contribution in [-0.4, -0.2) is 4.98 Å². The highest BCUT2D eigenvalue weighted by Gasteiger charge is 2.14. The molecule has 2 aromatic rings. The Balaban J connectivity index is 2.19. The van der Waals surface area contributed by atoms with Crippen LogP contribution in [0.1, 0.15) is 44.3 Å². The number of rotatable bonds is 8. The smallest absolute Gasteiger partial charge is 0.200 e. The van der Waals surface area contributed by atoms with E-state index in [0.717, 1.165) is 29.9 Å². The van der Waals surface area contributed by atoms with Crippen molar-refractivity contribution in [2.75, 3.05) is 0 Å². The number of azide groups is 1. The van der Waals surface area contributed by atoms with Crippen molar-refractivity contribution >= 4 is 0 Å². The Morgan fingerprint density at radius 2 is 2.00 bits per heavy atom. The summed E-state index contributed by atoms with van der Waals surface area (Å²) in [5.74, 6) is 1.37. The van der Waals surface area contributed by atoms with E-state index >= 15 is 0 Å². The summed E-state index contributed by atoms with van der Waals surface area (Å²) in [6.07, 6.45) is 5.60. The van der Waals surface area contributed by atoms with Crippen molar-refractivity contribution in [3.05, 3.63) is 52.4 Å². The van der Waals surface area contributed by atoms with Crippen LogP contribution in [0.2, 0.25) is 0 Å². The van der Waals surface area contributed by atoms with Crippen molar-refractivity contribution in [2.24, 2.45) is 5.11 Å². The van der Waals surface area contributed by atoms with Gasteiger partial charge in [0.15, 0.2) is 0 Å². The Kier molecular flexibility index (Phi) is 5.85. The molecule has 0 aliphatic heterocycles. The first kappa shape index (κ1) is 15.1. The average molecular weight is 284 g/mol. The van der Waals surface area contributed by atoms with Crippen LogP contribution in [0.4, 0.5) is 0 Å². The van der Waals surface area contributed by atoms with Crippen LogP contribution in [0.15, 0.2) is 39.9 Å². The van der Waals surface area contributed by atoms with Gasteiger partial charge in [0.2, 0.25) is 5.89 Å². The van der Waals surface area contributed by atoms with Gasteiger partial charge in [-0.05, 0) is 12.0 Å². The summed E-state index contributed by atoms with van der Waals surface area (Å²) in [4.78, 5) is 7.24. The molecule has 0 aliphatic rings. The molecule has 0 aliphatic carbocycles. The van der Waals surface area contributed by atoms with E-state index in [1.54, 1.807) is 0 Å². The summed E-state index contributed by atoms with van der Waals surface area (Å²) in [7, 11) is 0. The first-order valence-corrected chi connectivity index (χ1v) is 7.40. The molecule has 0 fully saturated rings. The molecule has 1 heterocycles. The Labute approximate surface area is 124 Å². The molecule has 0 radical (unpaired) electrons. The largest absolute Gasteiger partial charge is 0.445 e. The fraction of sp³-hybridized carbons (Fsp3) is 0.438. The molecule has 0 unspecified atom stereocenters. The SMILES string of the molecule is CCCCCCc1oc(CN=[N+]=[N-])nc1-c1ccccc1. The lowest BCUT2D eigenvalue weighted by Crippen LogP contribution is -1.88. The Bertz CT molecular complexity index is 600. The summed E-state index contributed by atoms with van der Waals surface area (Å²) in [6, 6.07) is 9.98. The van der Waals surface area contributed by atoms with Crippen LogP contribution < -0.4 is 0 Å². The molecule has 0 amide bonds. The van der Waals surface area contributed by atoms with Crippen LogP contribution in [0.25, 0.3) is 21.7 Å². The van der Waals surface area contributed by atoms with Gasteiger partial charge >= 0.3 is 0 Å². The highest BCUT2D eigenvalue weighted by molar-refractivity contribution is 5.61. The third-order valence-electron chi connectivity index (χ3n) is 3.32. The van der Waals surface area contributed by atoms with Crippen LogP contribution in [0.5, 0.6) is 0 Å². The average Bonchev–Trinajstić information content (AvgIpc) is 2.93. The number of benzene rings is 1. The molecule has 5 nitrogen and oxygen atoms in total. The molecule has 1 aromatic carbocycles. The predicted molar refractivity (Wildman–Crippen MR) is 82.6 cm³/mol. The first-order valence-electron chi connectivity index (χ1n) is 7.40. The third-order valence-corrected chi connectivity index (χ3v) is 3.32. The highest BCUT2D eigenvalue weighted by Crippen LogP contribution is 2.26. The van der Waals surface area contributed by atoms with Crippen molar-refractivity contribution in [3.63, 3.8) is 0 Å². The third kappa shape index (κ3) is 4.36. The highest BCUT2D eigenvalue weighted by atomic mass is 16.4. The van der Waals surface area contributed by atoms with Crippen LogP contribution >= 0.6 is 0 Å². The molecule has 2 rings (SSSR count). The van der Waals surface area contributed by atoms with Gasteiger partial charge in [-0.15, -0.1) is 0 Å². The summed E-state index contributed by atoms with van der Waals surface area (Å²) in [6.45, 7) is 2.35. The molecule has 0 spiro atoms. The van der Waals surface area contributed by atoms with Crippen molar-refractivity contribution in [2.45, 2.75) is 45.6 Å². The zero-order valence-electron chi connectivity index (χ0n) is 12.3. The first-order chi connectivity index (χ1) is 10.3. The van der Waals surface area contributed by atoms with Gasteiger partial charge in [0.25, 0.3) is 0 Å². The molecule has 5 heteroatoms. The van der Waals surface area contributed by atoms with E-state index in [9.17, 15) is 0 Å². The normalized spacial score (nSPS) is 10.3. The fourth-order valence-corrected chi connectivity index (χ4v) is 2.26. The number of hydrogen-bond acceptors (Lipinski definition) is 3. The second-order valence-corrected chi connectivity index (χ2v) is 4.95. The van der Waals surface area contributed by atoms with E-state index in [4.69, 9.17) is 9.95 Å². The minimum atomic E-state index is 0.158. The van der Waals surface area contributed by atoms with Gasteiger partial charge in [0.05, 0.1) is 0 Å². The van der Waals surface area contributed by atoms with E-state index in [2.05, 4.69) is 21.9 Å². The summed E-state index contributed by atoms with van der Waals surface area (Å²) < 4.78 is 5.78. The van der Waals surface area contributed by atoms with Crippen molar-refractivity contribution in [1.29, 1.82) is 0 Å². The van der Waals surface area contributed by atoms with E-state index in [-0.39, 0.29) is 6.54 Å². The maximum atomic E-state index is 8.41. The molecular weight excluding hydrogens is 264 g/mol. The predicted octanol–water partition coefficient (Wildman–Crippen LogP) is 5.27. The second-order valence-electron chi connectivity index (χ2n) is 4.95. The standard InChI is InChI=1S/C16H20N4O/c1-2-3-4-8-11-14-16(13-9-6-5-7-10-13)19-15(21-14)12-18-20-17/h5-7,9-10H,2-4,8,11-12H2,1H3. The Hall–Kier alpha value is -2.26. The fourth-order valence-electron chi connectivity index (χ4n) is 2.26. The number of aromatic nitrogens is 1. The van der Waals surface area contributed by atoms with E-state index in [1.165, 1.54) is 19.3 Å². The van der Waals surface area contributed by atoms with Gasteiger partial charge in [-0.1, -0.05) is 61.6 Å². The quantitative estimate of drug-likeness (QED) is 0.286. The monoisotopic (exact) mass is 284 g/mol. The lowest BCUT2D eigenvalue weighted by Gasteiger charge is -2.01. The van der Waals surface area contributed by atoms with Crippen molar-refractivity contribution in [1.82, 2.24) is 4.98 Å². The van der Waals surface area contributed by atoms with Gasteiger partial charge in [0.1, 0.15) is 18.0 Å². The van der Waals surface area contributed by atoms with Crippen molar-refractivity contribution < 1.29 is 4.42 Å². The number of hydrogen-bond donors (Lipinski definition) is 0. The maximum absolute atomic E-state index is 8.41. The second kappa shape index (κ2) is 8.12. The molecule has 110 valence electrons. The minimum absolute atomic E-state index is 0.158. The van der Waals surface area contributed by atoms with Gasteiger partial charge in [-0.2, -0.15) is 0 Å². The zero-order chi connectivity index (χ0) is 14.9. The summed E-state index contributed by atoms with van der Waals surface area (Å²) in [5.41, 5.74) is 10.3. The van der Waals surface area contributed by atoms with Gasteiger partial charge in [-0.25, -0.2) is 4.98 Å². The van der Waals surface area contributed by atoms with Crippen LogP contribution in [-0.2, 0) is 13.0 Å². The molecule has 0 saturated heterocycles. The molecular formula is C16H20N4O. The number of unbranched alkanes of at least 4 members (excludes halogenated alkanes) is 3. The van der Waals surface area contributed by atoms with Gasteiger partial charge < -0.3 is 4.42 Å². The van der Waals surface area contributed by atoms with Gasteiger partial charge in [-0.3, -0.25) is 0 Å². The van der Waals surface area contributed by atoms with E-state index in [1.807, 2.05) is 30.3 Å². The molecule has 0 N–H and O–H groups in total. The molecule has 21 heavy (non-hydrogen) atoms. The molecule has 0 saturated carbocycles. The van der Waals surface area contributed by atoms with Crippen molar-refractivity contribution in [3.8, 4) is 11.3 Å². The van der Waals surface area contributed by atoms with Gasteiger partial charge in [0, 0.05) is 16.9 Å². The lowest BCUT2D eigenvalue weighted by atomic mass is 10.1. The molecule has 0 atom stereocenters. The zero-order valence-corrected chi connectivity index (χ0v) is 12.3. The Morgan fingerprint density at radius 1 is 1.19 bits per heavy atom. The van der Waals surface area contributed by atoms with Crippen LogP contribution in [0, 0.1) is 0 Å². The molecule has 0 bridgehead atoms. The lowest BCUT2D eigenvalue weighted by molar-refractivity contribution is 0.448.